The van der Waals surface area contributed by atoms with Gasteiger partial charge in [0.05, 0.1) is 0 Å². The Labute approximate surface area is 142 Å². The fourth-order valence-corrected chi connectivity index (χ4v) is 2.58. The molecule has 0 aromatic heterocycles. The number of hydrogen-bond donors (Lipinski definition) is 3. The van der Waals surface area contributed by atoms with Gasteiger partial charge in [0.1, 0.15) is 0 Å². The average Bonchev–Trinajstić information content (AvgIpc) is 3.25. The Balaban J connectivity index is 1.59. The van der Waals surface area contributed by atoms with Crippen LogP contribution in [0.2, 0.25) is 5.02 Å². The zero-order valence-corrected chi connectivity index (χ0v) is 14.3. The van der Waals surface area contributed by atoms with Gasteiger partial charge in [-0.3, -0.25) is 4.79 Å². The lowest BCUT2D eigenvalue weighted by Gasteiger charge is -2.09. The van der Waals surface area contributed by atoms with Crippen molar-refractivity contribution in [2.24, 2.45) is 5.92 Å². The Morgan fingerprint density at radius 1 is 1.26 bits per heavy atom. The fourth-order valence-electron chi connectivity index (χ4n) is 2.39. The van der Waals surface area contributed by atoms with E-state index in [-0.39, 0.29) is 23.9 Å². The van der Waals surface area contributed by atoms with Gasteiger partial charge in [0.25, 0.3) is 0 Å². The average molecular weight is 338 g/mol. The summed E-state index contributed by atoms with van der Waals surface area (Å²) in [5.41, 5.74) is 1.17. The Bertz CT molecular complexity index is 563. The van der Waals surface area contributed by atoms with Gasteiger partial charge in [-0.05, 0) is 30.5 Å². The van der Waals surface area contributed by atoms with E-state index < -0.39 is 0 Å². The second-order valence-corrected chi connectivity index (χ2v) is 6.64. The molecule has 1 aromatic carbocycles. The Kier molecular flexibility index (Phi) is 6.28. The van der Waals surface area contributed by atoms with Crippen molar-refractivity contribution in [3.05, 3.63) is 34.9 Å². The van der Waals surface area contributed by atoms with E-state index in [0.717, 1.165) is 11.4 Å². The van der Waals surface area contributed by atoms with Gasteiger partial charge in [-0.25, -0.2) is 4.79 Å². The van der Waals surface area contributed by atoms with Crippen LogP contribution in [0.5, 0.6) is 0 Å². The lowest BCUT2D eigenvalue weighted by molar-refractivity contribution is -0.123. The predicted molar refractivity (Wildman–Crippen MR) is 91.6 cm³/mol. The molecule has 3 amide bonds. The third-order valence-corrected chi connectivity index (χ3v) is 4.08. The molecule has 1 aromatic rings. The van der Waals surface area contributed by atoms with Crippen molar-refractivity contribution in [1.82, 2.24) is 16.0 Å². The van der Waals surface area contributed by atoms with Gasteiger partial charge >= 0.3 is 6.03 Å². The van der Waals surface area contributed by atoms with E-state index in [0.29, 0.717) is 25.4 Å². The van der Waals surface area contributed by atoms with Crippen LogP contribution < -0.4 is 16.0 Å². The van der Waals surface area contributed by atoms with Gasteiger partial charge in [0.15, 0.2) is 0 Å². The van der Waals surface area contributed by atoms with Crippen molar-refractivity contribution >= 4 is 23.5 Å². The van der Waals surface area contributed by atoms with Crippen LogP contribution in [0.3, 0.4) is 0 Å². The molecular formula is C17H24ClN3O2. The van der Waals surface area contributed by atoms with E-state index in [2.05, 4.69) is 16.0 Å². The molecule has 1 aliphatic rings. The number of benzene rings is 1. The first kappa shape index (κ1) is 17.6. The first-order chi connectivity index (χ1) is 11.0. The monoisotopic (exact) mass is 337 g/mol. The first-order valence-corrected chi connectivity index (χ1v) is 8.42. The van der Waals surface area contributed by atoms with E-state index in [9.17, 15) is 9.59 Å². The van der Waals surface area contributed by atoms with Crippen LogP contribution in [0.15, 0.2) is 24.3 Å². The van der Waals surface area contributed by atoms with E-state index in [1.54, 1.807) is 0 Å². The molecule has 0 aliphatic heterocycles. The minimum atomic E-state index is -0.158. The fraction of sp³-hybridized carbons (Fsp3) is 0.529. The maximum Gasteiger partial charge on any atom is 0.315 e. The quantitative estimate of drug-likeness (QED) is 0.669. The van der Waals surface area contributed by atoms with Gasteiger partial charge in [-0.1, -0.05) is 37.6 Å². The SMILES string of the molecule is CC(C)C(=O)NCCCNC(=O)NC1CC1c1cccc(Cl)c1. The molecule has 3 N–H and O–H groups in total. The molecule has 0 heterocycles. The van der Waals surface area contributed by atoms with Crippen molar-refractivity contribution in [3.63, 3.8) is 0 Å². The summed E-state index contributed by atoms with van der Waals surface area (Å²) in [5, 5.41) is 9.32. The minimum Gasteiger partial charge on any atom is -0.356 e. The summed E-state index contributed by atoms with van der Waals surface area (Å²) in [7, 11) is 0. The molecule has 23 heavy (non-hydrogen) atoms. The van der Waals surface area contributed by atoms with Crippen molar-refractivity contribution in [2.75, 3.05) is 13.1 Å². The predicted octanol–water partition coefficient (Wildman–Crippen LogP) is 2.66. The highest BCUT2D eigenvalue weighted by atomic mass is 35.5. The standard InChI is InChI=1S/C17H24ClN3O2/c1-11(2)16(22)19-7-4-8-20-17(23)21-15-10-14(15)12-5-3-6-13(18)9-12/h3,5-6,9,11,14-15H,4,7-8,10H2,1-2H3,(H,19,22)(H2,20,21,23). The third kappa shape index (κ3) is 5.75. The van der Waals surface area contributed by atoms with Crippen LogP contribution in [0.1, 0.15) is 38.2 Å². The number of urea groups is 1. The number of carbonyl (C=O) groups excluding carboxylic acids is 2. The van der Waals surface area contributed by atoms with Crippen LogP contribution in [0.4, 0.5) is 4.79 Å². The highest BCUT2D eigenvalue weighted by molar-refractivity contribution is 6.30. The van der Waals surface area contributed by atoms with Crippen molar-refractivity contribution in [3.8, 4) is 0 Å². The zero-order chi connectivity index (χ0) is 16.8. The minimum absolute atomic E-state index is 0.00968. The van der Waals surface area contributed by atoms with Crippen LogP contribution in [-0.4, -0.2) is 31.1 Å². The first-order valence-electron chi connectivity index (χ1n) is 8.05. The number of nitrogens with one attached hydrogen (secondary N) is 3. The van der Waals surface area contributed by atoms with Gasteiger partial charge in [-0.2, -0.15) is 0 Å². The van der Waals surface area contributed by atoms with Crippen LogP contribution >= 0.6 is 11.6 Å². The summed E-state index contributed by atoms with van der Waals surface area (Å²) < 4.78 is 0. The summed E-state index contributed by atoms with van der Waals surface area (Å²) in [5.74, 6) is 0.381. The summed E-state index contributed by atoms with van der Waals surface area (Å²) >= 11 is 5.98. The molecule has 0 spiro atoms. The topological polar surface area (TPSA) is 70.2 Å². The molecule has 0 saturated heterocycles. The van der Waals surface area contributed by atoms with Crippen LogP contribution in [0.25, 0.3) is 0 Å². The highest BCUT2D eigenvalue weighted by Crippen LogP contribution is 2.41. The van der Waals surface area contributed by atoms with Gasteiger partial charge in [-0.15, -0.1) is 0 Å². The number of hydrogen-bond acceptors (Lipinski definition) is 2. The molecule has 0 radical (unpaired) electrons. The van der Waals surface area contributed by atoms with Crippen molar-refractivity contribution in [2.45, 2.75) is 38.6 Å². The maximum atomic E-state index is 11.8. The van der Waals surface area contributed by atoms with Crippen LogP contribution in [-0.2, 0) is 4.79 Å². The molecule has 5 nitrogen and oxygen atoms in total. The highest BCUT2D eigenvalue weighted by Gasteiger charge is 2.39. The van der Waals surface area contributed by atoms with E-state index in [1.807, 2.05) is 38.1 Å². The van der Waals surface area contributed by atoms with Crippen LogP contribution in [0, 0.1) is 5.92 Å². The second kappa shape index (κ2) is 8.20. The summed E-state index contributed by atoms with van der Waals surface area (Å²) in [6.07, 6.45) is 1.66. The summed E-state index contributed by atoms with van der Waals surface area (Å²) in [4.78, 5) is 23.2. The van der Waals surface area contributed by atoms with E-state index in [1.165, 1.54) is 5.56 Å². The van der Waals surface area contributed by atoms with Gasteiger partial charge in [0.2, 0.25) is 5.91 Å². The smallest absolute Gasteiger partial charge is 0.315 e. The van der Waals surface area contributed by atoms with Gasteiger partial charge in [0, 0.05) is 36.0 Å². The Morgan fingerprint density at radius 3 is 2.70 bits per heavy atom. The molecule has 2 rings (SSSR count). The molecule has 1 fully saturated rings. The molecule has 126 valence electrons. The third-order valence-electron chi connectivity index (χ3n) is 3.85. The normalized spacial score (nSPS) is 19.3. The van der Waals surface area contributed by atoms with Crippen molar-refractivity contribution < 1.29 is 9.59 Å². The molecule has 0 bridgehead atoms. The maximum absolute atomic E-state index is 11.8. The Hall–Kier alpha value is -1.75. The number of amides is 3. The molecule has 2 unspecified atom stereocenters. The lowest BCUT2D eigenvalue weighted by Crippen LogP contribution is -2.39. The van der Waals surface area contributed by atoms with Crippen molar-refractivity contribution in [1.29, 1.82) is 0 Å². The number of carbonyl (C=O) groups is 2. The number of rotatable bonds is 7. The van der Waals surface area contributed by atoms with E-state index >= 15 is 0 Å². The molecule has 1 saturated carbocycles. The zero-order valence-electron chi connectivity index (χ0n) is 13.6. The number of halogens is 1. The lowest BCUT2D eigenvalue weighted by atomic mass is 10.1. The van der Waals surface area contributed by atoms with E-state index in [4.69, 9.17) is 11.6 Å². The molecule has 2 atom stereocenters. The molecule has 1 aliphatic carbocycles. The van der Waals surface area contributed by atoms with Gasteiger partial charge < -0.3 is 16.0 Å². The Morgan fingerprint density at radius 2 is 2.00 bits per heavy atom. The second-order valence-electron chi connectivity index (χ2n) is 6.20. The molecular weight excluding hydrogens is 314 g/mol. The molecule has 6 heteroatoms. The summed E-state index contributed by atoms with van der Waals surface area (Å²) in [6, 6.07) is 7.78. The summed E-state index contributed by atoms with van der Waals surface area (Å²) in [6.45, 7) is 4.82. The largest absolute Gasteiger partial charge is 0.356 e.